The molecule has 1 N–H and O–H groups in total. The highest BCUT2D eigenvalue weighted by Crippen LogP contribution is 2.25. The van der Waals surface area contributed by atoms with Gasteiger partial charge in [0.25, 0.3) is 0 Å². The van der Waals surface area contributed by atoms with Gasteiger partial charge < -0.3 is 5.32 Å². The fraction of sp³-hybridized carbons (Fsp3) is 0.875. The predicted octanol–water partition coefficient (Wildman–Crippen LogP) is 3.30. The highest BCUT2D eigenvalue weighted by Gasteiger charge is 2.34. The maximum Gasteiger partial charge on any atom is 0.0247 e. The first kappa shape index (κ1) is 15.7. The van der Waals surface area contributed by atoms with Crippen LogP contribution in [0, 0.1) is 11.3 Å². The van der Waals surface area contributed by atoms with E-state index in [2.05, 4.69) is 64.8 Å². The van der Waals surface area contributed by atoms with Crippen molar-refractivity contribution in [3.05, 3.63) is 11.6 Å². The number of allylic oxidation sites excluding steroid dienone is 1. The van der Waals surface area contributed by atoms with Crippen molar-refractivity contribution in [2.75, 3.05) is 19.6 Å². The SMILES string of the molecule is CC(C)=CCN1CC(C(C)(C)C)NCC1C(C)C. The average molecular weight is 252 g/mol. The number of rotatable bonds is 3. The maximum absolute atomic E-state index is 3.75. The van der Waals surface area contributed by atoms with E-state index in [1.54, 1.807) is 0 Å². The highest BCUT2D eigenvalue weighted by molar-refractivity contribution is 4.99. The molecule has 2 atom stereocenters. The highest BCUT2D eigenvalue weighted by atomic mass is 15.2. The summed E-state index contributed by atoms with van der Waals surface area (Å²) in [5.74, 6) is 0.712. The lowest BCUT2D eigenvalue weighted by atomic mass is 9.83. The molecular formula is C16H32N2. The van der Waals surface area contributed by atoms with E-state index in [4.69, 9.17) is 0 Å². The van der Waals surface area contributed by atoms with Crippen LogP contribution in [-0.2, 0) is 0 Å². The van der Waals surface area contributed by atoms with Gasteiger partial charge in [-0.3, -0.25) is 4.90 Å². The van der Waals surface area contributed by atoms with Gasteiger partial charge >= 0.3 is 0 Å². The number of piperazine rings is 1. The third kappa shape index (κ3) is 4.40. The van der Waals surface area contributed by atoms with Gasteiger partial charge in [-0.05, 0) is 25.2 Å². The van der Waals surface area contributed by atoms with Gasteiger partial charge in [0.1, 0.15) is 0 Å². The summed E-state index contributed by atoms with van der Waals surface area (Å²) in [6.07, 6.45) is 2.36. The first-order valence-corrected chi connectivity index (χ1v) is 7.32. The molecular weight excluding hydrogens is 220 g/mol. The standard InChI is InChI=1S/C16H32N2/c1-12(2)8-9-18-11-15(16(5,6)7)17-10-14(18)13(3)4/h8,13-15,17H,9-11H2,1-7H3. The van der Waals surface area contributed by atoms with E-state index in [0.717, 1.165) is 19.6 Å². The van der Waals surface area contributed by atoms with Crippen molar-refractivity contribution in [3.8, 4) is 0 Å². The molecule has 0 saturated carbocycles. The van der Waals surface area contributed by atoms with Gasteiger partial charge in [0, 0.05) is 31.7 Å². The van der Waals surface area contributed by atoms with E-state index in [0.29, 0.717) is 23.4 Å². The molecule has 1 heterocycles. The van der Waals surface area contributed by atoms with E-state index < -0.39 is 0 Å². The Morgan fingerprint density at radius 1 is 1.33 bits per heavy atom. The predicted molar refractivity (Wildman–Crippen MR) is 80.9 cm³/mol. The fourth-order valence-electron chi connectivity index (χ4n) is 2.57. The molecule has 1 rings (SSSR count). The molecule has 1 saturated heterocycles. The van der Waals surface area contributed by atoms with Crippen molar-refractivity contribution in [1.29, 1.82) is 0 Å². The lowest BCUT2D eigenvalue weighted by Gasteiger charge is -2.46. The molecule has 0 bridgehead atoms. The summed E-state index contributed by atoms with van der Waals surface area (Å²) < 4.78 is 0. The second-order valence-corrected chi connectivity index (χ2v) is 7.37. The van der Waals surface area contributed by atoms with Gasteiger partial charge in [-0.15, -0.1) is 0 Å². The smallest absolute Gasteiger partial charge is 0.0247 e. The van der Waals surface area contributed by atoms with Crippen LogP contribution in [-0.4, -0.2) is 36.6 Å². The second-order valence-electron chi connectivity index (χ2n) is 7.37. The Labute approximate surface area is 114 Å². The van der Waals surface area contributed by atoms with Crippen LogP contribution < -0.4 is 5.32 Å². The third-order valence-corrected chi connectivity index (χ3v) is 4.01. The Balaban J connectivity index is 2.73. The fourth-order valence-corrected chi connectivity index (χ4v) is 2.57. The van der Waals surface area contributed by atoms with Crippen molar-refractivity contribution < 1.29 is 0 Å². The van der Waals surface area contributed by atoms with Crippen LogP contribution in [0.3, 0.4) is 0 Å². The van der Waals surface area contributed by atoms with E-state index >= 15 is 0 Å². The molecule has 18 heavy (non-hydrogen) atoms. The molecule has 0 aromatic carbocycles. The van der Waals surface area contributed by atoms with Crippen LogP contribution in [0.4, 0.5) is 0 Å². The first-order valence-electron chi connectivity index (χ1n) is 7.32. The molecule has 0 radical (unpaired) electrons. The van der Waals surface area contributed by atoms with Crippen molar-refractivity contribution in [2.45, 2.75) is 60.5 Å². The lowest BCUT2D eigenvalue weighted by Crippen LogP contribution is -2.61. The van der Waals surface area contributed by atoms with E-state index in [-0.39, 0.29) is 0 Å². The van der Waals surface area contributed by atoms with E-state index in [1.165, 1.54) is 5.57 Å². The van der Waals surface area contributed by atoms with Gasteiger partial charge in [-0.25, -0.2) is 0 Å². The topological polar surface area (TPSA) is 15.3 Å². The maximum atomic E-state index is 3.75. The molecule has 1 aliphatic heterocycles. The molecule has 0 aromatic rings. The number of hydrogen-bond acceptors (Lipinski definition) is 2. The molecule has 2 unspecified atom stereocenters. The average Bonchev–Trinajstić information content (AvgIpc) is 2.24. The molecule has 0 amide bonds. The van der Waals surface area contributed by atoms with Crippen molar-refractivity contribution in [2.24, 2.45) is 11.3 Å². The van der Waals surface area contributed by atoms with Crippen LogP contribution in [0.25, 0.3) is 0 Å². The molecule has 0 spiro atoms. The molecule has 2 nitrogen and oxygen atoms in total. The monoisotopic (exact) mass is 252 g/mol. The summed E-state index contributed by atoms with van der Waals surface area (Å²) in [5, 5.41) is 3.75. The minimum atomic E-state index is 0.338. The van der Waals surface area contributed by atoms with E-state index in [9.17, 15) is 0 Å². The molecule has 2 heteroatoms. The quantitative estimate of drug-likeness (QED) is 0.775. The Bertz CT molecular complexity index is 282. The largest absolute Gasteiger partial charge is 0.311 e. The minimum absolute atomic E-state index is 0.338. The summed E-state index contributed by atoms with van der Waals surface area (Å²) in [5.41, 5.74) is 1.76. The molecule has 1 aliphatic rings. The number of nitrogens with zero attached hydrogens (tertiary/aromatic N) is 1. The summed E-state index contributed by atoms with van der Waals surface area (Å²) in [6.45, 7) is 19.4. The zero-order valence-electron chi connectivity index (χ0n) is 13.4. The van der Waals surface area contributed by atoms with Crippen LogP contribution in [0.1, 0.15) is 48.5 Å². The Morgan fingerprint density at radius 3 is 2.39 bits per heavy atom. The van der Waals surface area contributed by atoms with Gasteiger partial charge in [0.2, 0.25) is 0 Å². The molecule has 0 aliphatic carbocycles. The summed E-state index contributed by atoms with van der Waals surface area (Å²) >= 11 is 0. The molecule has 106 valence electrons. The van der Waals surface area contributed by atoms with Crippen molar-refractivity contribution in [3.63, 3.8) is 0 Å². The first-order chi connectivity index (χ1) is 8.21. The van der Waals surface area contributed by atoms with Crippen LogP contribution in [0.2, 0.25) is 0 Å². The molecule has 0 aromatic heterocycles. The summed E-state index contributed by atoms with van der Waals surface area (Å²) in [7, 11) is 0. The van der Waals surface area contributed by atoms with Crippen LogP contribution in [0.15, 0.2) is 11.6 Å². The lowest BCUT2D eigenvalue weighted by molar-refractivity contribution is 0.0729. The Morgan fingerprint density at radius 2 is 1.94 bits per heavy atom. The summed E-state index contributed by atoms with van der Waals surface area (Å²) in [4.78, 5) is 2.66. The number of nitrogens with one attached hydrogen (secondary N) is 1. The zero-order valence-corrected chi connectivity index (χ0v) is 13.4. The van der Waals surface area contributed by atoms with Gasteiger partial charge in [0.05, 0.1) is 0 Å². The van der Waals surface area contributed by atoms with Gasteiger partial charge in [-0.2, -0.15) is 0 Å². The van der Waals surface area contributed by atoms with Gasteiger partial charge in [0.15, 0.2) is 0 Å². The third-order valence-electron chi connectivity index (χ3n) is 4.01. The van der Waals surface area contributed by atoms with E-state index in [1.807, 2.05) is 0 Å². The molecule has 1 fully saturated rings. The number of hydrogen-bond donors (Lipinski definition) is 1. The Kier molecular flexibility index (Phi) is 5.42. The summed E-state index contributed by atoms with van der Waals surface area (Å²) in [6, 6.07) is 1.26. The zero-order chi connectivity index (χ0) is 13.9. The van der Waals surface area contributed by atoms with Crippen molar-refractivity contribution >= 4 is 0 Å². The van der Waals surface area contributed by atoms with Crippen LogP contribution >= 0.6 is 0 Å². The Hall–Kier alpha value is -0.340. The minimum Gasteiger partial charge on any atom is -0.311 e. The van der Waals surface area contributed by atoms with Gasteiger partial charge in [-0.1, -0.05) is 46.3 Å². The normalized spacial score (nSPS) is 26.4. The van der Waals surface area contributed by atoms with Crippen LogP contribution in [0.5, 0.6) is 0 Å². The van der Waals surface area contributed by atoms with Crippen molar-refractivity contribution in [1.82, 2.24) is 10.2 Å². The second kappa shape index (κ2) is 6.21.